The molecule has 1 N–H and O–H groups in total. The van der Waals surface area contributed by atoms with E-state index in [-0.39, 0.29) is 18.6 Å². The molecule has 0 saturated carbocycles. The minimum absolute atomic E-state index is 0.0420. The van der Waals surface area contributed by atoms with E-state index in [2.05, 4.69) is 5.32 Å². The second kappa shape index (κ2) is 9.22. The number of hydrogen-bond donors (Lipinski definition) is 1. The number of carbonyl (C=O) groups excluding carboxylic acids is 3. The second-order valence-corrected chi connectivity index (χ2v) is 5.23. The van der Waals surface area contributed by atoms with E-state index in [1.807, 2.05) is 6.07 Å². The van der Waals surface area contributed by atoms with E-state index in [1.165, 1.54) is 7.11 Å². The van der Waals surface area contributed by atoms with E-state index < -0.39 is 18.5 Å². The zero-order valence-corrected chi connectivity index (χ0v) is 13.9. The van der Waals surface area contributed by atoms with Crippen LogP contribution in [0.5, 0.6) is 5.75 Å². The Morgan fingerprint density at radius 2 is 1.72 bits per heavy atom. The molecule has 0 saturated heterocycles. The molecule has 0 aliphatic heterocycles. The molecular weight excluding hydrogens is 322 g/mol. The highest BCUT2D eigenvalue weighted by Crippen LogP contribution is 2.16. The second-order valence-electron chi connectivity index (χ2n) is 5.23. The molecule has 0 aliphatic carbocycles. The predicted molar refractivity (Wildman–Crippen MR) is 92.6 cm³/mol. The maximum absolute atomic E-state index is 11.9. The first-order chi connectivity index (χ1) is 12.1. The summed E-state index contributed by atoms with van der Waals surface area (Å²) in [7, 11) is 1.53. The molecule has 2 rings (SSSR count). The Hall–Kier alpha value is -3.15. The molecule has 0 atom stereocenters. The van der Waals surface area contributed by atoms with Gasteiger partial charge in [-0.05, 0) is 12.1 Å². The van der Waals surface area contributed by atoms with Crippen LogP contribution in [0.4, 0.5) is 5.69 Å². The number of carbonyl (C=O) groups is 3. The number of methoxy groups -OCH3 is 1. The van der Waals surface area contributed by atoms with E-state index in [0.717, 1.165) is 0 Å². The van der Waals surface area contributed by atoms with Crippen LogP contribution in [0.15, 0.2) is 54.6 Å². The first kappa shape index (κ1) is 18.2. The van der Waals surface area contributed by atoms with Crippen molar-refractivity contribution in [1.82, 2.24) is 0 Å². The zero-order chi connectivity index (χ0) is 18.1. The smallest absolute Gasteiger partial charge is 0.306 e. The maximum Gasteiger partial charge on any atom is 0.306 e. The topological polar surface area (TPSA) is 81.7 Å². The molecule has 2 aromatic carbocycles. The van der Waals surface area contributed by atoms with Gasteiger partial charge in [0.05, 0.1) is 13.5 Å². The van der Waals surface area contributed by atoms with Gasteiger partial charge in [0, 0.05) is 23.7 Å². The Morgan fingerprint density at radius 3 is 2.44 bits per heavy atom. The summed E-state index contributed by atoms with van der Waals surface area (Å²) in [6.07, 6.45) is -0.0273. The molecule has 2 aromatic rings. The van der Waals surface area contributed by atoms with Crippen molar-refractivity contribution in [3.63, 3.8) is 0 Å². The highest BCUT2D eigenvalue weighted by molar-refractivity contribution is 5.98. The SMILES string of the molecule is COc1cccc(NC(=O)COC(=O)CCC(=O)c2ccccc2)c1. The number of benzene rings is 2. The summed E-state index contributed by atoms with van der Waals surface area (Å²) in [5.74, 6) is -0.589. The van der Waals surface area contributed by atoms with Crippen molar-refractivity contribution in [2.24, 2.45) is 0 Å². The minimum Gasteiger partial charge on any atom is -0.497 e. The van der Waals surface area contributed by atoms with Gasteiger partial charge >= 0.3 is 5.97 Å². The lowest BCUT2D eigenvalue weighted by Crippen LogP contribution is -2.21. The average Bonchev–Trinajstić information content (AvgIpc) is 2.65. The lowest BCUT2D eigenvalue weighted by atomic mass is 10.1. The molecule has 130 valence electrons. The minimum atomic E-state index is -0.593. The van der Waals surface area contributed by atoms with Gasteiger partial charge in [-0.25, -0.2) is 0 Å². The maximum atomic E-state index is 11.9. The van der Waals surface area contributed by atoms with Gasteiger partial charge in [-0.2, -0.15) is 0 Å². The van der Waals surface area contributed by atoms with Crippen LogP contribution in [0.25, 0.3) is 0 Å². The first-order valence-corrected chi connectivity index (χ1v) is 7.76. The van der Waals surface area contributed by atoms with Crippen LogP contribution in [0.3, 0.4) is 0 Å². The van der Waals surface area contributed by atoms with E-state index in [4.69, 9.17) is 9.47 Å². The van der Waals surface area contributed by atoms with Gasteiger partial charge in [0.25, 0.3) is 5.91 Å². The molecule has 0 fully saturated rings. The fraction of sp³-hybridized carbons (Fsp3) is 0.211. The van der Waals surface area contributed by atoms with Crippen molar-refractivity contribution in [3.05, 3.63) is 60.2 Å². The third-order valence-electron chi connectivity index (χ3n) is 3.37. The third-order valence-corrected chi connectivity index (χ3v) is 3.37. The summed E-state index contributed by atoms with van der Waals surface area (Å²) in [6.45, 7) is -0.407. The summed E-state index contributed by atoms with van der Waals surface area (Å²) >= 11 is 0. The Bertz CT molecular complexity index is 742. The normalized spacial score (nSPS) is 9.96. The predicted octanol–water partition coefficient (Wildman–Crippen LogP) is 2.84. The lowest BCUT2D eigenvalue weighted by molar-refractivity contribution is -0.147. The van der Waals surface area contributed by atoms with E-state index >= 15 is 0 Å². The quantitative estimate of drug-likeness (QED) is 0.590. The van der Waals surface area contributed by atoms with Gasteiger partial charge in [0.2, 0.25) is 0 Å². The zero-order valence-electron chi connectivity index (χ0n) is 13.9. The van der Waals surface area contributed by atoms with Crippen LogP contribution in [-0.4, -0.2) is 31.4 Å². The van der Waals surface area contributed by atoms with Crippen molar-refractivity contribution < 1.29 is 23.9 Å². The summed E-state index contributed by atoms with van der Waals surface area (Å²) in [4.78, 5) is 35.3. The number of rotatable bonds is 8. The number of ketones is 1. The summed E-state index contributed by atoms with van der Waals surface area (Å²) in [5.41, 5.74) is 1.09. The number of esters is 1. The van der Waals surface area contributed by atoms with Crippen molar-refractivity contribution in [1.29, 1.82) is 0 Å². The van der Waals surface area contributed by atoms with E-state index in [1.54, 1.807) is 48.5 Å². The molecule has 1 amide bonds. The third kappa shape index (κ3) is 6.10. The van der Waals surface area contributed by atoms with Crippen molar-refractivity contribution in [2.45, 2.75) is 12.8 Å². The molecule has 0 spiro atoms. The van der Waals surface area contributed by atoms with E-state index in [0.29, 0.717) is 17.0 Å². The standard InChI is InChI=1S/C19H19NO5/c1-24-16-9-5-8-15(12-16)20-18(22)13-25-19(23)11-10-17(21)14-6-3-2-4-7-14/h2-9,12H,10-11,13H2,1H3,(H,20,22). The molecule has 25 heavy (non-hydrogen) atoms. The number of amides is 1. The van der Waals surface area contributed by atoms with Gasteiger partial charge < -0.3 is 14.8 Å². The van der Waals surface area contributed by atoms with Crippen molar-refractivity contribution in [3.8, 4) is 5.75 Å². The first-order valence-electron chi connectivity index (χ1n) is 7.76. The summed E-state index contributed by atoms with van der Waals surface area (Å²) < 4.78 is 9.94. The Morgan fingerprint density at radius 1 is 0.960 bits per heavy atom. The highest BCUT2D eigenvalue weighted by atomic mass is 16.5. The Balaban J connectivity index is 1.72. The number of anilines is 1. The molecule has 0 heterocycles. The molecule has 0 radical (unpaired) electrons. The van der Waals surface area contributed by atoms with Gasteiger partial charge in [0.1, 0.15) is 5.75 Å². The van der Waals surface area contributed by atoms with Crippen LogP contribution in [0.1, 0.15) is 23.2 Å². The fourth-order valence-corrected chi connectivity index (χ4v) is 2.10. The molecule has 0 unspecified atom stereocenters. The van der Waals surface area contributed by atoms with E-state index in [9.17, 15) is 14.4 Å². The Labute approximate surface area is 145 Å². The van der Waals surface area contributed by atoms with Crippen molar-refractivity contribution >= 4 is 23.3 Å². The number of ether oxygens (including phenoxy) is 2. The molecule has 0 aliphatic rings. The van der Waals surface area contributed by atoms with Crippen molar-refractivity contribution in [2.75, 3.05) is 19.0 Å². The molecule has 0 bridgehead atoms. The van der Waals surface area contributed by atoms with Gasteiger partial charge in [-0.1, -0.05) is 36.4 Å². The molecule has 6 nitrogen and oxygen atoms in total. The fourth-order valence-electron chi connectivity index (χ4n) is 2.10. The van der Waals surface area contributed by atoms with Crippen LogP contribution in [0.2, 0.25) is 0 Å². The van der Waals surface area contributed by atoms with Crippen LogP contribution < -0.4 is 10.1 Å². The van der Waals surface area contributed by atoms with Gasteiger partial charge in [-0.3, -0.25) is 14.4 Å². The highest BCUT2D eigenvalue weighted by Gasteiger charge is 2.12. The average molecular weight is 341 g/mol. The Kier molecular flexibility index (Phi) is 6.71. The van der Waals surface area contributed by atoms with Gasteiger partial charge in [0.15, 0.2) is 12.4 Å². The summed E-state index contributed by atoms with van der Waals surface area (Å²) in [5, 5.41) is 2.60. The molecular formula is C19H19NO5. The lowest BCUT2D eigenvalue weighted by Gasteiger charge is -2.08. The van der Waals surface area contributed by atoms with Crippen LogP contribution in [0, 0.1) is 0 Å². The largest absolute Gasteiger partial charge is 0.497 e. The monoisotopic (exact) mass is 341 g/mol. The van der Waals surface area contributed by atoms with Crippen LogP contribution >= 0.6 is 0 Å². The molecule has 0 aromatic heterocycles. The van der Waals surface area contributed by atoms with Gasteiger partial charge in [-0.15, -0.1) is 0 Å². The number of nitrogens with one attached hydrogen (secondary N) is 1. The number of Topliss-reactive ketones (excluding diaryl/α,β-unsaturated/α-hetero) is 1. The number of hydrogen-bond acceptors (Lipinski definition) is 5. The van der Waals surface area contributed by atoms with Crippen LogP contribution in [-0.2, 0) is 14.3 Å². The molecule has 6 heteroatoms. The summed E-state index contributed by atoms with van der Waals surface area (Å²) in [6, 6.07) is 15.5.